The quantitative estimate of drug-likeness (QED) is 0.402. The predicted octanol–water partition coefficient (Wildman–Crippen LogP) is 2.89. The number of benzene rings is 1. The van der Waals surface area contributed by atoms with E-state index in [1.54, 1.807) is 24.3 Å². The molecular weight excluding hydrogens is 399 g/mol. The van der Waals surface area contributed by atoms with Gasteiger partial charge in [0.15, 0.2) is 0 Å². The normalized spacial score (nSPS) is 22.3. The first kappa shape index (κ1) is 27.9. The van der Waals surface area contributed by atoms with E-state index in [1.807, 2.05) is 0 Å². The maximum atomic E-state index is 12.9. The number of hydrogen-bond donors (Lipinski definition) is 2. The number of carboxylic acid groups (broad SMARTS) is 1. The van der Waals surface area contributed by atoms with Gasteiger partial charge in [0.2, 0.25) is 0 Å². The van der Waals surface area contributed by atoms with Gasteiger partial charge in [-0.3, -0.25) is 4.79 Å². The molecule has 0 radical (unpaired) electrons. The number of aliphatic carboxylic acids is 1. The van der Waals surface area contributed by atoms with Crippen LogP contribution in [0.1, 0.15) is 37.4 Å². The van der Waals surface area contributed by atoms with E-state index in [2.05, 4.69) is 0 Å². The molecule has 2 rings (SSSR count). The van der Waals surface area contributed by atoms with Gasteiger partial charge in [-0.1, -0.05) is 30.4 Å². The Bertz CT molecular complexity index is 640. The number of para-hydroxylation sites is 1. The van der Waals surface area contributed by atoms with Gasteiger partial charge < -0.3 is 19.7 Å². The summed E-state index contributed by atoms with van der Waals surface area (Å²) in [5.41, 5.74) is 0.286. The Balaban J connectivity index is 0.00000364. The Morgan fingerprint density at radius 2 is 1.89 bits per heavy atom. The number of aromatic hydroxyl groups is 1. The number of phenols is 1. The number of rotatable bonds is 7. The summed E-state index contributed by atoms with van der Waals surface area (Å²) in [7, 11) is 0. The molecule has 1 aromatic carbocycles. The van der Waals surface area contributed by atoms with Crippen molar-refractivity contribution in [3.05, 3.63) is 42.0 Å². The average Bonchev–Trinajstić information content (AvgIpc) is 2.57. The summed E-state index contributed by atoms with van der Waals surface area (Å²) in [6.45, 7) is -0.164. The maximum absolute atomic E-state index is 12.9. The number of carbonyl (C=O) groups is 1. The second-order valence-corrected chi connectivity index (χ2v) is 6.08. The van der Waals surface area contributed by atoms with Gasteiger partial charge in [-0.25, -0.2) is 0 Å². The first-order valence-corrected chi connectivity index (χ1v) is 8.27. The summed E-state index contributed by atoms with van der Waals surface area (Å²) < 4.78 is 48.8. The van der Waals surface area contributed by atoms with Crippen LogP contribution in [0.25, 0.3) is 0 Å². The summed E-state index contributed by atoms with van der Waals surface area (Å²) in [6, 6.07) is 6.13. The Kier molecular flexibility index (Phi) is 13.3. The zero-order chi connectivity index (χ0) is 19.2. The zero-order valence-electron chi connectivity index (χ0n) is 14.0. The molecule has 148 valence electrons. The summed E-state index contributed by atoms with van der Waals surface area (Å²) in [4.78, 5) is 10.5. The number of halogens is 3. The van der Waals surface area contributed by atoms with Crippen LogP contribution in [0, 0.1) is 5.92 Å². The molecule has 0 bridgehead atoms. The fraction of sp³-hybridized carbons (Fsp3) is 0.500. The molecule has 1 aliphatic rings. The topological polar surface area (TPSA) is 76.0 Å². The molecule has 3 unspecified atom stereocenters. The molecule has 28 heavy (non-hydrogen) atoms. The van der Waals surface area contributed by atoms with Crippen molar-refractivity contribution < 1.29 is 37.7 Å². The van der Waals surface area contributed by atoms with Crippen LogP contribution in [-0.2, 0) is 14.3 Å². The first-order valence-electron chi connectivity index (χ1n) is 8.27. The molecule has 2 N–H and O–H groups in total. The van der Waals surface area contributed by atoms with Crippen molar-refractivity contribution in [1.82, 2.24) is 0 Å². The van der Waals surface area contributed by atoms with Gasteiger partial charge in [0.25, 0.3) is 6.29 Å². The molecule has 0 aliphatic carbocycles. The van der Waals surface area contributed by atoms with Gasteiger partial charge in [0.05, 0.1) is 12.7 Å². The van der Waals surface area contributed by atoms with Crippen LogP contribution < -0.4 is 0 Å². The SMILES string of the molecule is O=C(O)CCC/C=C\CC1COC(C(F)(F)F)OC1c1ccccc1O.[NaH].[NaH]. The standard InChI is InChI=1S/C18H21F3O5.2Na.2H/c19-18(20,21)17-25-11-12(7-3-1-2-4-10-15(23)24)16(26-17)13-8-5-6-9-14(13)22;;;;/h1,3,5-6,8-9,12,16-17,22H,2,4,7,10-11H2,(H,23,24);;;;/b3-1-;;;;. The van der Waals surface area contributed by atoms with Gasteiger partial charge in [-0.2, -0.15) is 13.2 Å². The second-order valence-electron chi connectivity index (χ2n) is 6.08. The molecule has 0 aromatic heterocycles. The minimum absolute atomic E-state index is 0. The summed E-state index contributed by atoms with van der Waals surface area (Å²) in [6.07, 6.45) is -2.87. The number of unbranched alkanes of at least 4 members (excludes halogenated alkanes) is 1. The third-order valence-electron chi connectivity index (χ3n) is 4.04. The van der Waals surface area contributed by atoms with Crippen molar-refractivity contribution >= 4 is 65.1 Å². The fourth-order valence-electron chi connectivity index (χ4n) is 2.76. The second kappa shape index (κ2) is 13.3. The van der Waals surface area contributed by atoms with Gasteiger partial charge in [-0.05, 0) is 25.3 Å². The van der Waals surface area contributed by atoms with E-state index in [4.69, 9.17) is 14.6 Å². The number of carboxylic acids is 1. The molecule has 0 saturated carbocycles. The Labute approximate surface area is 205 Å². The molecule has 1 heterocycles. The molecule has 0 amide bonds. The number of hydrogen-bond acceptors (Lipinski definition) is 4. The molecule has 1 fully saturated rings. The van der Waals surface area contributed by atoms with Gasteiger partial charge >= 0.3 is 71.3 Å². The van der Waals surface area contributed by atoms with Crippen LogP contribution in [0.4, 0.5) is 13.2 Å². The summed E-state index contributed by atoms with van der Waals surface area (Å²) in [5, 5.41) is 18.6. The van der Waals surface area contributed by atoms with E-state index in [-0.39, 0.29) is 83.5 Å². The molecule has 1 aromatic rings. The Morgan fingerprint density at radius 1 is 1.21 bits per heavy atom. The Hall–Kier alpha value is -0.0600. The molecule has 5 nitrogen and oxygen atoms in total. The van der Waals surface area contributed by atoms with Crippen LogP contribution >= 0.6 is 0 Å². The summed E-state index contributed by atoms with van der Waals surface area (Å²) >= 11 is 0. The molecule has 10 heteroatoms. The van der Waals surface area contributed by atoms with E-state index >= 15 is 0 Å². The van der Waals surface area contributed by atoms with Crippen molar-refractivity contribution in [2.75, 3.05) is 6.61 Å². The third kappa shape index (κ3) is 8.75. The van der Waals surface area contributed by atoms with Crippen LogP contribution in [-0.4, -0.2) is 94.4 Å². The van der Waals surface area contributed by atoms with E-state index < -0.39 is 30.5 Å². The van der Waals surface area contributed by atoms with E-state index in [1.165, 1.54) is 12.1 Å². The number of phenolic OH excluding ortho intramolecular Hbond substituents is 1. The van der Waals surface area contributed by atoms with Crippen molar-refractivity contribution in [1.29, 1.82) is 0 Å². The zero-order valence-corrected chi connectivity index (χ0v) is 14.0. The number of alkyl halides is 3. The summed E-state index contributed by atoms with van der Waals surface area (Å²) in [5.74, 6) is -1.40. The molecule has 0 spiro atoms. The average molecular weight is 422 g/mol. The first-order chi connectivity index (χ1) is 12.3. The predicted molar refractivity (Wildman–Crippen MR) is 101 cm³/mol. The third-order valence-corrected chi connectivity index (χ3v) is 4.04. The van der Waals surface area contributed by atoms with Crippen molar-refractivity contribution in [2.45, 2.75) is 44.3 Å². The van der Waals surface area contributed by atoms with E-state index in [0.29, 0.717) is 19.3 Å². The van der Waals surface area contributed by atoms with Crippen molar-refractivity contribution in [2.24, 2.45) is 5.92 Å². The van der Waals surface area contributed by atoms with Gasteiger partial charge in [0.1, 0.15) is 5.75 Å². The van der Waals surface area contributed by atoms with Gasteiger partial charge in [-0.15, -0.1) is 0 Å². The van der Waals surface area contributed by atoms with E-state index in [9.17, 15) is 23.1 Å². The Morgan fingerprint density at radius 3 is 2.50 bits per heavy atom. The van der Waals surface area contributed by atoms with Crippen molar-refractivity contribution in [3.8, 4) is 5.75 Å². The molecule has 3 atom stereocenters. The van der Waals surface area contributed by atoms with Crippen molar-refractivity contribution in [3.63, 3.8) is 0 Å². The van der Waals surface area contributed by atoms with Crippen LogP contribution in [0.15, 0.2) is 36.4 Å². The van der Waals surface area contributed by atoms with Gasteiger partial charge in [0, 0.05) is 17.9 Å². The fourth-order valence-corrected chi connectivity index (χ4v) is 2.76. The minimum atomic E-state index is -4.65. The number of allylic oxidation sites excluding steroid dienone is 2. The van der Waals surface area contributed by atoms with E-state index in [0.717, 1.165) is 0 Å². The molecular formula is C18H23F3Na2O5. The molecule has 1 aliphatic heterocycles. The van der Waals surface area contributed by atoms with Crippen LogP contribution in [0.5, 0.6) is 5.75 Å². The van der Waals surface area contributed by atoms with Crippen LogP contribution in [0.3, 0.4) is 0 Å². The molecule has 1 saturated heterocycles. The number of ether oxygens (including phenoxy) is 2. The monoisotopic (exact) mass is 422 g/mol. The van der Waals surface area contributed by atoms with Crippen LogP contribution in [0.2, 0.25) is 0 Å².